The van der Waals surface area contributed by atoms with Gasteiger partial charge >= 0.3 is 0 Å². The quantitative estimate of drug-likeness (QED) is 0.662. The van der Waals surface area contributed by atoms with Crippen molar-refractivity contribution in [2.75, 3.05) is 13.6 Å². The predicted octanol–water partition coefficient (Wildman–Crippen LogP) is 2.02. The van der Waals surface area contributed by atoms with E-state index in [1.54, 1.807) is 0 Å². The zero-order valence-corrected chi connectivity index (χ0v) is 9.00. The summed E-state index contributed by atoms with van der Waals surface area (Å²) in [5, 5.41) is 9.67. The summed E-state index contributed by atoms with van der Waals surface area (Å²) in [7, 11) is 2.13. The molecular weight excluding hydrogens is 162 g/mol. The number of aliphatic hydroxyl groups excluding tert-OH is 1. The summed E-state index contributed by atoms with van der Waals surface area (Å²) in [6.45, 7) is 3.30. The van der Waals surface area contributed by atoms with E-state index in [4.69, 9.17) is 0 Å². The Hall–Kier alpha value is -0.0800. The van der Waals surface area contributed by atoms with Crippen molar-refractivity contribution in [3.05, 3.63) is 0 Å². The molecule has 1 aliphatic heterocycles. The highest BCUT2D eigenvalue weighted by Gasteiger charge is 2.28. The first-order valence-corrected chi connectivity index (χ1v) is 5.64. The fourth-order valence-electron chi connectivity index (χ4n) is 2.18. The molecule has 13 heavy (non-hydrogen) atoms. The molecule has 0 aromatic carbocycles. The van der Waals surface area contributed by atoms with Gasteiger partial charge < -0.3 is 10.0 Å². The third kappa shape index (κ3) is 3.28. The molecule has 0 aromatic rings. The Morgan fingerprint density at radius 3 is 2.62 bits per heavy atom. The second-order valence-electron chi connectivity index (χ2n) is 4.25. The maximum absolute atomic E-state index is 9.67. The van der Waals surface area contributed by atoms with Crippen LogP contribution < -0.4 is 0 Å². The smallest absolute Gasteiger partial charge is 0.0707 e. The van der Waals surface area contributed by atoms with Crippen LogP contribution in [-0.2, 0) is 0 Å². The molecule has 1 aliphatic rings. The number of hydrogen-bond donors (Lipinski definition) is 1. The number of aliphatic hydroxyl groups is 1. The fraction of sp³-hybridized carbons (Fsp3) is 1.00. The number of nitrogens with zero attached hydrogens (tertiary/aromatic N) is 1. The lowest BCUT2D eigenvalue weighted by atomic mass is 10.0. The van der Waals surface area contributed by atoms with Crippen LogP contribution >= 0.6 is 0 Å². The van der Waals surface area contributed by atoms with Crippen LogP contribution in [0.15, 0.2) is 0 Å². The molecule has 1 fully saturated rings. The summed E-state index contributed by atoms with van der Waals surface area (Å²) in [4.78, 5) is 2.30. The van der Waals surface area contributed by atoms with Crippen LogP contribution in [-0.4, -0.2) is 35.7 Å². The SMILES string of the molecule is CCCCCCC1C(O)CCN1C. The highest BCUT2D eigenvalue weighted by atomic mass is 16.3. The topological polar surface area (TPSA) is 23.5 Å². The molecule has 2 atom stereocenters. The van der Waals surface area contributed by atoms with Crippen molar-refractivity contribution in [2.45, 2.75) is 57.6 Å². The van der Waals surface area contributed by atoms with E-state index in [1.165, 1.54) is 32.1 Å². The lowest BCUT2D eigenvalue weighted by Gasteiger charge is -2.21. The lowest BCUT2D eigenvalue weighted by Crippen LogP contribution is -2.31. The first kappa shape index (κ1) is 11.0. The minimum atomic E-state index is -0.0633. The number of unbranched alkanes of at least 4 members (excludes halogenated alkanes) is 3. The van der Waals surface area contributed by atoms with Crippen LogP contribution in [0.1, 0.15) is 45.4 Å². The van der Waals surface area contributed by atoms with Crippen molar-refractivity contribution >= 4 is 0 Å². The summed E-state index contributed by atoms with van der Waals surface area (Å²) in [5.74, 6) is 0. The van der Waals surface area contributed by atoms with E-state index in [0.29, 0.717) is 6.04 Å². The summed E-state index contributed by atoms with van der Waals surface area (Å²) >= 11 is 0. The van der Waals surface area contributed by atoms with Crippen LogP contribution in [0.25, 0.3) is 0 Å². The minimum Gasteiger partial charge on any atom is -0.391 e. The van der Waals surface area contributed by atoms with Gasteiger partial charge in [0, 0.05) is 12.6 Å². The van der Waals surface area contributed by atoms with E-state index in [1.807, 2.05) is 0 Å². The average molecular weight is 185 g/mol. The van der Waals surface area contributed by atoms with Gasteiger partial charge in [-0.3, -0.25) is 0 Å². The van der Waals surface area contributed by atoms with Gasteiger partial charge in [0.25, 0.3) is 0 Å². The molecule has 1 rings (SSSR count). The van der Waals surface area contributed by atoms with Crippen LogP contribution in [0, 0.1) is 0 Å². The molecule has 78 valence electrons. The van der Waals surface area contributed by atoms with Gasteiger partial charge in [0.2, 0.25) is 0 Å². The zero-order valence-electron chi connectivity index (χ0n) is 9.00. The summed E-state index contributed by atoms with van der Waals surface area (Å²) in [6, 6.07) is 0.442. The molecule has 0 spiro atoms. The molecule has 0 saturated carbocycles. The Morgan fingerprint density at radius 1 is 1.31 bits per heavy atom. The highest BCUT2D eigenvalue weighted by Crippen LogP contribution is 2.21. The van der Waals surface area contributed by atoms with Crippen molar-refractivity contribution in [1.82, 2.24) is 4.90 Å². The Bertz CT molecular complexity index is 128. The molecule has 0 radical (unpaired) electrons. The van der Waals surface area contributed by atoms with E-state index in [9.17, 15) is 5.11 Å². The van der Waals surface area contributed by atoms with E-state index in [-0.39, 0.29) is 6.10 Å². The molecule has 2 heteroatoms. The molecule has 0 aliphatic carbocycles. The Labute approximate surface area is 81.9 Å². The molecule has 1 heterocycles. The molecule has 2 nitrogen and oxygen atoms in total. The van der Waals surface area contributed by atoms with Gasteiger partial charge in [-0.15, -0.1) is 0 Å². The van der Waals surface area contributed by atoms with E-state index in [0.717, 1.165) is 13.0 Å². The third-order valence-electron chi connectivity index (χ3n) is 3.14. The number of rotatable bonds is 5. The van der Waals surface area contributed by atoms with Crippen molar-refractivity contribution < 1.29 is 5.11 Å². The van der Waals surface area contributed by atoms with Crippen LogP contribution in [0.2, 0.25) is 0 Å². The second-order valence-corrected chi connectivity index (χ2v) is 4.25. The Morgan fingerprint density at radius 2 is 2.08 bits per heavy atom. The summed E-state index contributed by atoms with van der Waals surface area (Å²) in [6.07, 6.45) is 7.32. The van der Waals surface area contributed by atoms with E-state index >= 15 is 0 Å². The highest BCUT2D eigenvalue weighted by molar-refractivity contribution is 4.84. The van der Waals surface area contributed by atoms with E-state index in [2.05, 4.69) is 18.9 Å². The van der Waals surface area contributed by atoms with E-state index < -0.39 is 0 Å². The fourth-order valence-corrected chi connectivity index (χ4v) is 2.18. The molecule has 0 bridgehead atoms. The molecule has 0 aromatic heterocycles. The van der Waals surface area contributed by atoms with Crippen molar-refractivity contribution in [1.29, 1.82) is 0 Å². The van der Waals surface area contributed by atoms with Gasteiger partial charge in [-0.05, 0) is 19.9 Å². The molecule has 0 amide bonds. The Balaban J connectivity index is 2.12. The second kappa shape index (κ2) is 5.61. The standard InChI is InChI=1S/C11H23NO/c1-3-4-5-6-7-10-11(13)8-9-12(10)2/h10-11,13H,3-9H2,1-2H3. The lowest BCUT2D eigenvalue weighted by molar-refractivity contribution is 0.119. The number of hydrogen-bond acceptors (Lipinski definition) is 2. The Kier molecular flexibility index (Phi) is 4.74. The first-order chi connectivity index (χ1) is 6.25. The van der Waals surface area contributed by atoms with Gasteiger partial charge in [-0.25, -0.2) is 0 Å². The third-order valence-corrected chi connectivity index (χ3v) is 3.14. The summed E-state index contributed by atoms with van der Waals surface area (Å²) < 4.78 is 0. The van der Waals surface area contributed by atoms with Crippen molar-refractivity contribution in [3.63, 3.8) is 0 Å². The summed E-state index contributed by atoms with van der Waals surface area (Å²) in [5.41, 5.74) is 0. The first-order valence-electron chi connectivity index (χ1n) is 5.64. The molecule has 2 unspecified atom stereocenters. The van der Waals surface area contributed by atoms with Crippen molar-refractivity contribution in [3.8, 4) is 0 Å². The van der Waals surface area contributed by atoms with Crippen LogP contribution in [0.4, 0.5) is 0 Å². The maximum Gasteiger partial charge on any atom is 0.0707 e. The minimum absolute atomic E-state index is 0.0633. The predicted molar refractivity (Wildman–Crippen MR) is 55.8 cm³/mol. The van der Waals surface area contributed by atoms with Crippen LogP contribution in [0.5, 0.6) is 0 Å². The maximum atomic E-state index is 9.67. The number of likely N-dealkylation sites (tertiary alicyclic amines) is 1. The molecule has 1 saturated heterocycles. The largest absolute Gasteiger partial charge is 0.391 e. The van der Waals surface area contributed by atoms with Gasteiger partial charge in [-0.1, -0.05) is 32.6 Å². The van der Waals surface area contributed by atoms with Gasteiger partial charge in [-0.2, -0.15) is 0 Å². The van der Waals surface area contributed by atoms with Gasteiger partial charge in [0.05, 0.1) is 6.10 Å². The molecular formula is C11H23NO. The zero-order chi connectivity index (χ0) is 9.68. The number of likely N-dealkylation sites (N-methyl/N-ethyl adjacent to an activating group) is 1. The monoisotopic (exact) mass is 185 g/mol. The van der Waals surface area contributed by atoms with Crippen LogP contribution in [0.3, 0.4) is 0 Å². The van der Waals surface area contributed by atoms with Gasteiger partial charge in [0.15, 0.2) is 0 Å². The normalized spacial score (nSPS) is 29.8. The average Bonchev–Trinajstić information content (AvgIpc) is 2.42. The van der Waals surface area contributed by atoms with Gasteiger partial charge in [0.1, 0.15) is 0 Å². The van der Waals surface area contributed by atoms with Crippen molar-refractivity contribution in [2.24, 2.45) is 0 Å². The molecule has 1 N–H and O–H groups in total.